The molecule has 8 N–H and O–H groups in total. The fourth-order valence-electron chi connectivity index (χ4n) is 2.21. The molecule has 0 bridgehead atoms. The number of aliphatic hydroxyl groups is 2. The van der Waals surface area contributed by atoms with Crippen LogP contribution in [0.4, 0.5) is 0 Å². The van der Waals surface area contributed by atoms with E-state index in [4.69, 9.17) is 5.73 Å². The van der Waals surface area contributed by atoms with Gasteiger partial charge in [-0.15, -0.1) is 0 Å². The first kappa shape index (κ1) is 17.8. The van der Waals surface area contributed by atoms with Crippen LogP contribution in [0.5, 0.6) is 0 Å². The second-order valence-corrected chi connectivity index (χ2v) is 6.18. The van der Waals surface area contributed by atoms with Gasteiger partial charge in [0.05, 0.1) is 13.2 Å². The summed E-state index contributed by atoms with van der Waals surface area (Å²) in [4.78, 5) is 0. The SMILES string of the molecule is CC1(N)CNCCNCC(CO)(CO)CNCCNC1. The molecule has 0 aromatic heterocycles. The van der Waals surface area contributed by atoms with Gasteiger partial charge >= 0.3 is 0 Å². The minimum Gasteiger partial charge on any atom is -0.396 e. The molecule has 1 fully saturated rings. The second kappa shape index (κ2) is 8.89. The van der Waals surface area contributed by atoms with Crippen molar-refractivity contribution in [3.63, 3.8) is 0 Å². The third-order valence-electron chi connectivity index (χ3n) is 3.69. The van der Waals surface area contributed by atoms with Crippen LogP contribution in [0.15, 0.2) is 0 Å². The molecule has 0 aromatic carbocycles. The van der Waals surface area contributed by atoms with E-state index in [0.29, 0.717) is 13.1 Å². The van der Waals surface area contributed by atoms with E-state index < -0.39 is 5.41 Å². The van der Waals surface area contributed by atoms with Crippen LogP contribution in [0.3, 0.4) is 0 Å². The van der Waals surface area contributed by atoms with Crippen LogP contribution >= 0.6 is 0 Å². The first-order chi connectivity index (χ1) is 9.54. The Labute approximate surface area is 121 Å². The summed E-state index contributed by atoms with van der Waals surface area (Å²) in [5.74, 6) is 0. The molecule has 7 heteroatoms. The summed E-state index contributed by atoms with van der Waals surface area (Å²) in [7, 11) is 0. The lowest BCUT2D eigenvalue weighted by Crippen LogP contribution is -2.55. The van der Waals surface area contributed by atoms with Gasteiger partial charge in [-0.2, -0.15) is 0 Å². The predicted octanol–water partition coefficient (Wildman–Crippen LogP) is -2.95. The molecule has 1 rings (SSSR count). The van der Waals surface area contributed by atoms with Crippen molar-refractivity contribution in [3.8, 4) is 0 Å². The number of rotatable bonds is 2. The Morgan fingerprint density at radius 2 is 1.15 bits per heavy atom. The molecule has 0 spiro atoms. The Morgan fingerprint density at radius 1 is 0.800 bits per heavy atom. The van der Waals surface area contributed by atoms with Crippen molar-refractivity contribution in [1.29, 1.82) is 0 Å². The Bertz CT molecular complexity index is 239. The van der Waals surface area contributed by atoms with E-state index in [0.717, 1.165) is 39.3 Å². The summed E-state index contributed by atoms with van der Waals surface area (Å²) in [5, 5.41) is 32.3. The van der Waals surface area contributed by atoms with Crippen molar-refractivity contribution in [1.82, 2.24) is 21.3 Å². The van der Waals surface area contributed by atoms with Gasteiger partial charge in [0.2, 0.25) is 0 Å². The van der Waals surface area contributed by atoms with E-state index in [2.05, 4.69) is 21.3 Å². The van der Waals surface area contributed by atoms with Crippen LogP contribution in [-0.4, -0.2) is 81.3 Å². The van der Waals surface area contributed by atoms with E-state index >= 15 is 0 Å². The maximum atomic E-state index is 9.53. The van der Waals surface area contributed by atoms with Crippen molar-refractivity contribution >= 4 is 0 Å². The van der Waals surface area contributed by atoms with Crippen LogP contribution in [0.1, 0.15) is 6.92 Å². The van der Waals surface area contributed by atoms with Gasteiger partial charge in [-0.3, -0.25) is 0 Å². The Balaban J connectivity index is 2.48. The molecule has 0 saturated carbocycles. The molecule has 1 aliphatic rings. The summed E-state index contributed by atoms with van der Waals surface area (Å²) < 4.78 is 0. The van der Waals surface area contributed by atoms with E-state index in [1.165, 1.54) is 0 Å². The van der Waals surface area contributed by atoms with Crippen LogP contribution in [-0.2, 0) is 0 Å². The minimum atomic E-state index is -0.507. The highest BCUT2D eigenvalue weighted by molar-refractivity contribution is 4.86. The van der Waals surface area contributed by atoms with Crippen molar-refractivity contribution in [2.24, 2.45) is 11.1 Å². The molecular weight excluding hydrogens is 258 g/mol. The summed E-state index contributed by atoms with van der Waals surface area (Å²) in [5.41, 5.74) is 5.41. The topological polar surface area (TPSA) is 115 Å². The largest absolute Gasteiger partial charge is 0.396 e. The molecule has 7 nitrogen and oxygen atoms in total. The third kappa shape index (κ3) is 6.45. The molecule has 1 heterocycles. The summed E-state index contributed by atoms with van der Waals surface area (Å²) in [6, 6.07) is 0. The first-order valence-corrected chi connectivity index (χ1v) is 7.37. The fraction of sp³-hybridized carbons (Fsp3) is 1.00. The smallest absolute Gasteiger partial charge is 0.0533 e. The van der Waals surface area contributed by atoms with Gasteiger partial charge in [-0.1, -0.05) is 0 Å². The highest BCUT2D eigenvalue weighted by Crippen LogP contribution is 2.12. The lowest BCUT2D eigenvalue weighted by molar-refractivity contribution is 0.0544. The maximum Gasteiger partial charge on any atom is 0.0533 e. The Morgan fingerprint density at radius 3 is 1.50 bits per heavy atom. The van der Waals surface area contributed by atoms with Crippen LogP contribution in [0.25, 0.3) is 0 Å². The number of hydrogen-bond acceptors (Lipinski definition) is 7. The molecule has 1 aliphatic heterocycles. The molecule has 0 aromatic rings. The molecular formula is C13H31N5O2. The van der Waals surface area contributed by atoms with Gasteiger partial charge in [0.15, 0.2) is 0 Å². The van der Waals surface area contributed by atoms with Crippen LogP contribution < -0.4 is 27.0 Å². The Kier molecular flexibility index (Phi) is 7.90. The molecule has 120 valence electrons. The summed E-state index contributed by atoms with van der Waals surface area (Å²) in [6.45, 7) is 7.82. The first-order valence-electron chi connectivity index (χ1n) is 7.37. The average Bonchev–Trinajstić information content (AvgIpc) is 2.43. The zero-order valence-electron chi connectivity index (χ0n) is 12.5. The van der Waals surface area contributed by atoms with Crippen molar-refractivity contribution < 1.29 is 10.2 Å². The van der Waals surface area contributed by atoms with Crippen LogP contribution in [0, 0.1) is 5.41 Å². The Hall–Kier alpha value is -0.280. The monoisotopic (exact) mass is 289 g/mol. The van der Waals surface area contributed by atoms with Crippen molar-refractivity contribution in [3.05, 3.63) is 0 Å². The summed E-state index contributed by atoms with van der Waals surface area (Å²) in [6.07, 6.45) is 0. The van der Waals surface area contributed by atoms with Gasteiger partial charge in [0.1, 0.15) is 0 Å². The number of aliphatic hydroxyl groups excluding tert-OH is 2. The van der Waals surface area contributed by atoms with E-state index in [-0.39, 0.29) is 18.8 Å². The van der Waals surface area contributed by atoms with E-state index in [1.54, 1.807) is 0 Å². The van der Waals surface area contributed by atoms with Gasteiger partial charge in [-0.05, 0) is 6.92 Å². The molecule has 0 amide bonds. The van der Waals surface area contributed by atoms with E-state index in [1.807, 2.05) is 6.92 Å². The maximum absolute atomic E-state index is 9.53. The molecule has 0 radical (unpaired) electrons. The quantitative estimate of drug-likeness (QED) is 0.291. The molecule has 20 heavy (non-hydrogen) atoms. The normalized spacial score (nSPS) is 25.8. The lowest BCUT2D eigenvalue weighted by atomic mass is 9.90. The lowest BCUT2D eigenvalue weighted by Gasteiger charge is -2.31. The molecule has 1 saturated heterocycles. The fourth-order valence-corrected chi connectivity index (χ4v) is 2.21. The summed E-state index contributed by atoms with van der Waals surface area (Å²) >= 11 is 0. The highest BCUT2D eigenvalue weighted by Gasteiger charge is 2.28. The molecule has 0 unspecified atom stereocenters. The average molecular weight is 289 g/mol. The van der Waals surface area contributed by atoms with Crippen LogP contribution in [0.2, 0.25) is 0 Å². The van der Waals surface area contributed by atoms with Gasteiger partial charge in [-0.25, -0.2) is 0 Å². The standard InChI is InChI=1S/C13H31N5O2/c1-12(14)6-15-2-4-17-8-13(10-19,11-20)9-18-5-3-16-7-12/h15-20H,2-11,14H2,1H3. The second-order valence-electron chi connectivity index (χ2n) is 6.18. The van der Waals surface area contributed by atoms with Gasteiger partial charge in [0, 0.05) is 63.3 Å². The predicted molar refractivity (Wildman–Crippen MR) is 80.7 cm³/mol. The van der Waals surface area contributed by atoms with E-state index in [9.17, 15) is 10.2 Å². The van der Waals surface area contributed by atoms with Gasteiger partial charge in [0.25, 0.3) is 0 Å². The molecule has 0 aliphatic carbocycles. The van der Waals surface area contributed by atoms with Crippen molar-refractivity contribution in [2.75, 3.05) is 65.6 Å². The zero-order chi connectivity index (χ0) is 14.9. The van der Waals surface area contributed by atoms with Crippen molar-refractivity contribution in [2.45, 2.75) is 12.5 Å². The number of nitrogens with two attached hydrogens (primary N) is 1. The molecule has 0 atom stereocenters. The number of nitrogens with one attached hydrogen (secondary N) is 4. The van der Waals surface area contributed by atoms with Gasteiger partial charge < -0.3 is 37.2 Å². The zero-order valence-corrected chi connectivity index (χ0v) is 12.5. The minimum absolute atomic E-state index is 0.0365. The third-order valence-corrected chi connectivity index (χ3v) is 3.69. The number of hydrogen-bond donors (Lipinski definition) is 7. The highest BCUT2D eigenvalue weighted by atomic mass is 16.3.